The van der Waals surface area contributed by atoms with Crippen LogP contribution < -0.4 is 9.46 Å². The van der Waals surface area contributed by atoms with Crippen LogP contribution in [0.2, 0.25) is 0 Å². The Kier molecular flexibility index (Phi) is 20.3. The molecule has 2 N–H and O–H groups in total. The Hall–Kier alpha value is -3.91. The van der Waals surface area contributed by atoms with Gasteiger partial charge < -0.3 is 9.72 Å². The van der Waals surface area contributed by atoms with Crippen LogP contribution in [0.5, 0.6) is 5.75 Å². The number of benzene rings is 4. The number of allylic oxidation sites excluding steroid dienone is 1. The van der Waals surface area contributed by atoms with Crippen molar-refractivity contribution in [3.63, 3.8) is 0 Å². The minimum atomic E-state index is -3.33. The molecule has 0 bridgehead atoms. The lowest BCUT2D eigenvalue weighted by Crippen LogP contribution is -2.24. The molecule has 62 heavy (non-hydrogen) atoms. The highest BCUT2D eigenvalue weighted by Crippen LogP contribution is 2.51. The van der Waals surface area contributed by atoms with Gasteiger partial charge in [0.1, 0.15) is 12.4 Å². The molecule has 5 aromatic rings. The summed E-state index contributed by atoms with van der Waals surface area (Å²) in [6.07, 6.45) is 3.42. The quantitative estimate of drug-likeness (QED) is 0.0450. The van der Waals surface area contributed by atoms with E-state index < -0.39 is 25.5 Å². The van der Waals surface area contributed by atoms with Gasteiger partial charge in [0.25, 0.3) is 0 Å². The molecule has 0 aliphatic heterocycles. The van der Waals surface area contributed by atoms with Gasteiger partial charge in [-0.2, -0.15) is 0 Å². The molecular weight excluding hydrogens is 847 g/mol. The average Bonchev–Trinajstić information content (AvgIpc) is 3.68. The number of sulfonamides is 1. The zero-order valence-electron chi connectivity index (χ0n) is 37.3. The zero-order valence-corrected chi connectivity index (χ0v) is 39.9. The van der Waals surface area contributed by atoms with Gasteiger partial charge >= 0.3 is 15.5 Å². The molecular formula is C46H64N4O9P2S. The first kappa shape index (κ1) is 50.7. The lowest BCUT2D eigenvalue weighted by atomic mass is 9.88. The highest BCUT2D eigenvalue weighted by atomic mass is 32.2. The number of likely N-dealkylation sites (N-methyl/N-ethyl adjacent to an activating group) is 2. The van der Waals surface area contributed by atoms with Gasteiger partial charge in [0.05, 0.1) is 32.2 Å². The first-order valence-electron chi connectivity index (χ1n) is 21.1. The molecule has 0 fully saturated rings. The van der Waals surface area contributed by atoms with Crippen LogP contribution in [-0.4, -0.2) is 90.0 Å². The van der Waals surface area contributed by atoms with E-state index in [1.54, 1.807) is 57.2 Å². The number of H-pyrrole nitrogens is 1. The third-order valence-electron chi connectivity index (χ3n) is 9.88. The maximum absolute atomic E-state index is 12.8. The number of nitrogens with zero attached hydrogens (tertiary/aromatic N) is 2. The normalized spacial score (nSPS) is 12.7. The van der Waals surface area contributed by atoms with E-state index in [1.807, 2.05) is 42.6 Å². The molecule has 0 saturated heterocycles. The van der Waals surface area contributed by atoms with Gasteiger partial charge in [0.2, 0.25) is 10.0 Å². The Balaban J connectivity index is 0.000000282. The highest BCUT2D eigenvalue weighted by Gasteiger charge is 2.30. The maximum Gasteiger partial charge on any atom is 0.407 e. The van der Waals surface area contributed by atoms with E-state index in [-0.39, 0.29) is 5.75 Å². The molecule has 5 rings (SSSR count). The predicted octanol–water partition coefficient (Wildman–Crippen LogP) is 10.4. The van der Waals surface area contributed by atoms with Gasteiger partial charge in [-0.15, -0.1) is 0 Å². The molecule has 13 nitrogen and oxygen atoms in total. The third kappa shape index (κ3) is 14.3. The first-order chi connectivity index (χ1) is 29.8. The number of aromatic nitrogens is 1. The monoisotopic (exact) mass is 910 g/mol. The van der Waals surface area contributed by atoms with Crippen molar-refractivity contribution in [2.45, 2.75) is 53.2 Å². The maximum atomic E-state index is 12.8. The third-order valence-corrected chi connectivity index (χ3v) is 15.6. The summed E-state index contributed by atoms with van der Waals surface area (Å²) in [4.78, 5) is 3.19. The standard InChI is InChI=1S/C29H36NO4P.C17H28N3O5PS/c1-5-28(24-14-10-8-11-15-24)29(25-16-12-9-13-17-25)26-18-20-27(21-19-26)32-23-22-30(4)35(31,33-6-2)34-7-3;1-5-24-26(21,25-6-2)20(4)10-9-15-12-19-17-8-7-14(11-16(15)17)13-27(22,23)18-3/h8-21H,5-7,22-23H2,1-4H3;7-8,11-12,18-19H,5-6,9-10,13H2,1-4H3. The summed E-state index contributed by atoms with van der Waals surface area (Å²) in [5, 5.41) is 0.954. The van der Waals surface area contributed by atoms with E-state index in [0.717, 1.165) is 34.2 Å². The number of fused-ring (bicyclic) bond motifs is 1. The zero-order chi connectivity index (χ0) is 45.2. The topological polar surface area (TPSA) is 149 Å². The van der Waals surface area contributed by atoms with Crippen LogP contribution in [-0.2, 0) is 49.4 Å². The van der Waals surface area contributed by atoms with Crippen LogP contribution in [0.3, 0.4) is 0 Å². The molecule has 338 valence electrons. The fourth-order valence-electron chi connectivity index (χ4n) is 6.76. The fourth-order valence-corrected chi connectivity index (χ4v) is 10.4. The fraction of sp³-hybridized carbons (Fsp3) is 0.391. The number of ether oxygens (including phenoxy) is 1. The molecule has 0 aliphatic carbocycles. The highest BCUT2D eigenvalue weighted by molar-refractivity contribution is 7.88. The largest absolute Gasteiger partial charge is 0.492 e. The smallest absolute Gasteiger partial charge is 0.407 e. The second kappa shape index (κ2) is 24.8. The van der Waals surface area contributed by atoms with Crippen LogP contribution in [0.1, 0.15) is 68.9 Å². The number of hydrogen-bond acceptors (Lipinski definition) is 9. The van der Waals surface area contributed by atoms with E-state index in [4.69, 9.17) is 22.8 Å². The molecule has 16 heteroatoms. The van der Waals surface area contributed by atoms with Crippen molar-refractivity contribution in [2.24, 2.45) is 0 Å². The minimum Gasteiger partial charge on any atom is -0.492 e. The van der Waals surface area contributed by atoms with Crippen molar-refractivity contribution < 1.29 is 40.4 Å². The molecule has 0 atom stereocenters. The van der Waals surface area contributed by atoms with Gasteiger partial charge in [-0.05, 0) is 125 Å². The van der Waals surface area contributed by atoms with Crippen molar-refractivity contribution in [3.8, 4) is 5.75 Å². The lowest BCUT2D eigenvalue weighted by molar-refractivity contribution is 0.167. The molecule has 0 amide bonds. The average molecular weight is 911 g/mol. The predicted molar refractivity (Wildman–Crippen MR) is 252 cm³/mol. The Bertz CT molecular complexity index is 2340. The second-order valence-corrected chi connectivity index (χ2v) is 20.3. The summed E-state index contributed by atoms with van der Waals surface area (Å²) in [7, 11) is -5.07. The van der Waals surface area contributed by atoms with E-state index in [0.29, 0.717) is 58.1 Å². The van der Waals surface area contributed by atoms with Gasteiger partial charge in [-0.3, -0.25) is 18.1 Å². The van der Waals surface area contributed by atoms with Crippen LogP contribution in [0, 0.1) is 0 Å². The van der Waals surface area contributed by atoms with Crippen LogP contribution in [0.15, 0.2) is 109 Å². The van der Waals surface area contributed by atoms with Gasteiger partial charge in [0.15, 0.2) is 0 Å². The van der Waals surface area contributed by atoms with E-state index >= 15 is 0 Å². The summed E-state index contributed by atoms with van der Waals surface area (Å²) in [5.74, 6) is 0.684. The Morgan fingerprint density at radius 2 is 1.19 bits per heavy atom. The number of rotatable bonds is 24. The molecule has 1 heterocycles. The van der Waals surface area contributed by atoms with Crippen molar-refractivity contribution in [3.05, 3.63) is 137 Å². The first-order valence-corrected chi connectivity index (χ1v) is 25.7. The van der Waals surface area contributed by atoms with Crippen molar-refractivity contribution >= 4 is 47.6 Å². The van der Waals surface area contributed by atoms with Gasteiger partial charge in [-0.25, -0.2) is 31.6 Å². The Morgan fingerprint density at radius 1 is 0.677 bits per heavy atom. The summed E-state index contributed by atoms with van der Waals surface area (Å²) >= 11 is 0. The minimum absolute atomic E-state index is 0.0756. The van der Waals surface area contributed by atoms with E-state index in [2.05, 4.69) is 77.3 Å². The summed E-state index contributed by atoms with van der Waals surface area (Å²) in [6.45, 7) is 11.9. The molecule has 1 aromatic heterocycles. The Morgan fingerprint density at radius 3 is 1.71 bits per heavy atom. The molecule has 0 saturated carbocycles. The molecule has 0 spiro atoms. The van der Waals surface area contributed by atoms with Crippen LogP contribution in [0.4, 0.5) is 0 Å². The van der Waals surface area contributed by atoms with Crippen molar-refractivity contribution in [1.29, 1.82) is 0 Å². The number of nitrogens with one attached hydrogen (secondary N) is 2. The van der Waals surface area contributed by atoms with E-state index in [9.17, 15) is 17.5 Å². The second-order valence-electron chi connectivity index (χ2n) is 14.1. The van der Waals surface area contributed by atoms with Gasteiger partial charge in [0, 0.05) is 30.2 Å². The van der Waals surface area contributed by atoms with Crippen molar-refractivity contribution in [1.82, 2.24) is 19.0 Å². The lowest BCUT2D eigenvalue weighted by Gasteiger charge is -2.26. The van der Waals surface area contributed by atoms with Crippen LogP contribution >= 0.6 is 15.5 Å². The molecule has 4 aromatic carbocycles. The molecule has 0 aliphatic rings. The number of hydrogen-bond donors (Lipinski definition) is 2. The SMILES string of the molecule is CCOP(=O)(OCC)N(C)CCOc1ccc(C(=C(CC)c2ccccc2)c2ccccc2)cc1.CCOP(=O)(OCC)N(C)CCc1c[nH]c2ccc(CS(=O)(=O)NC)cc12. The summed E-state index contributed by atoms with van der Waals surface area (Å²) < 4.78 is 82.2. The van der Waals surface area contributed by atoms with Crippen LogP contribution in [0.25, 0.3) is 22.0 Å². The summed E-state index contributed by atoms with van der Waals surface area (Å²) in [6, 6.07) is 34.8. The summed E-state index contributed by atoms with van der Waals surface area (Å²) in [5.41, 5.74) is 8.72. The Labute approximate surface area is 369 Å². The van der Waals surface area contributed by atoms with E-state index in [1.165, 1.54) is 29.3 Å². The number of aromatic amines is 1. The van der Waals surface area contributed by atoms with Gasteiger partial charge in [-0.1, -0.05) is 85.8 Å². The molecule has 0 radical (unpaired) electrons. The molecule has 0 unspecified atom stereocenters. The van der Waals surface area contributed by atoms with Crippen molar-refractivity contribution in [2.75, 3.05) is 67.3 Å².